The molecule has 0 aliphatic carbocycles. The fraction of sp³-hybridized carbons (Fsp3) is 0.400. The molecule has 144 valence electrons. The predicted molar refractivity (Wildman–Crippen MR) is 103 cm³/mol. The molecule has 8 heteroatoms. The number of aromatic nitrogens is 1. The number of likely N-dealkylation sites (tertiary alicyclic amines) is 1. The van der Waals surface area contributed by atoms with Crippen molar-refractivity contribution in [3.8, 4) is 5.75 Å². The van der Waals surface area contributed by atoms with Gasteiger partial charge in [0.05, 0.1) is 17.8 Å². The van der Waals surface area contributed by atoms with Crippen LogP contribution in [0.25, 0.3) is 0 Å². The third kappa shape index (κ3) is 2.67. The number of hydrogen-bond donors (Lipinski definition) is 0. The van der Waals surface area contributed by atoms with Gasteiger partial charge in [-0.25, -0.2) is 4.98 Å². The zero-order valence-corrected chi connectivity index (χ0v) is 15.7. The highest BCUT2D eigenvalue weighted by Gasteiger charge is 2.33. The van der Waals surface area contributed by atoms with Crippen LogP contribution in [0, 0.1) is 0 Å². The average Bonchev–Trinajstić information content (AvgIpc) is 3.35. The molecule has 1 fully saturated rings. The van der Waals surface area contributed by atoms with Crippen LogP contribution in [-0.2, 0) is 4.79 Å². The normalized spacial score (nSPS) is 23.2. The summed E-state index contributed by atoms with van der Waals surface area (Å²) in [5.41, 5.74) is 1.99. The Morgan fingerprint density at radius 2 is 2.07 bits per heavy atom. The van der Waals surface area contributed by atoms with Crippen LogP contribution >= 0.6 is 0 Å². The molecule has 2 amide bonds. The summed E-state index contributed by atoms with van der Waals surface area (Å²) >= 11 is 0. The molecule has 0 aromatic carbocycles. The standard InChI is InChI=1S/C20H21N5O3/c1-13-19(26)25-7-4-15(11-17(25)22-13)24-8-9-28-16-10-14(12-21-18(16)24)20(27)23-5-2-3-6-23/h4,7,10-12,17H,2-3,5-6,8-9H2,1H3. The third-order valence-corrected chi connectivity index (χ3v) is 5.49. The first-order valence-corrected chi connectivity index (χ1v) is 9.58. The molecule has 4 aliphatic heterocycles. The molecule has 28 heavy (non-hydrogen) atoms. The Morgan fingerprint density at radius 3 is 2.89 bits per heavy atom. The minimum atomic E-state index is -0.310. The van der Waals surface area contributed by atoms with Crippen LogP contribution in [0.5, 0.6) is 5.75 Å². The highest BCUT2D eigenvalue weighted by molar-refractivity contribution is 6.39. The van der Waals surface area contributed by atoms with Crippen LogP contribution in [0.2, 0.25) is 0 Å². The van der Waals surface area contributed by atoms with Gasteiger partial charge in [-0.05, 0) is 38.0 Å². The molecule has 0 spiro atoms. The second kappa shape index (κ2) is 6.47. The summed E-state index contributed by atoms with van der Waals surface area (Å²) in [4.78, 5) is 39.2. The Kier molecular flexibility index (Phi) is 3.92. The number of fused-ring (bicyclic) bond motifs is 2. The molecule has 0 N–H and O–H groups in total. The van der Waals surface area contributed by atoms with Crippen LogP contribution in [0.1, 0.15) is 30.1 Å². The van der Waals surface area contributed by atoms with Gasteiger partial charge in [0, 0.05) is 31.2 Å². The van der Waals surface area contributed by atoms with Gasteiger partial charge in [-0.2, -0.15) is 0 Å². The number of allylic oxidation sites excluding steroid dienone is 1. The maximum absolute atomic E-state index is 12.6. The Bertz CT molecular complexity index is 945. The molecule has 1 aromatic rings. The second-order valence-electron chi connectivity index (χ2n) is 7.29. The number of hydrogen-bond acceptors (Lipinski definition) is 6. The van der Waals surface area contributed by atoms with Gasteiger partial charge in [0.15, 0.2) is 11.6 Å². The molecular formula is C20H21N5O3. The number of anilines is 1. The Morgan fingerprint density at radius 1 is 1.25 bits per heavy atom. The molecule has 1 atom stereocenters. The first kappa shape index (κ1) is 17.0. The lowest BCUT2D eigenvalue weighted by Crippen LogP contribution is -2.37. The fourth-order valence-electron chi connectivity index (χ4n) is 4.01. The van der Waals surface area contributed by atoms with Crippen molar-refractivity contribution in [1.29, 1.82) is 0 Å². The Labute approximate surface area is 162 Å². The van der Waals surface area contributed by atoms with E-state index in [9.17, 15) is 9.59 Å². The summed E-state index contributed by atoms with van der Waals surface area (Å²) in [6.07, 6.45) is 9.03. The minimum Gasteiger partial charge on any atom is -0.488 e. The van der Waals surface area contributed by atoms with Crippen LogP contribution in [-0.4, -0.2) is 64.7 Å². The van der Waals surface area contributed by atoms with Gasteiger partial charge in [-0.3, -0.25) is 19.5 Å². The summed E-state index contributed by atoms with van der Waals surface area (Å²) in [5.74, 6) is 1.23. The highest BCUT2D eigenvalue weighted by atomic mass is 16.5. The molecule has 0 saturated carbocycles. The van der Waals surface area contributed by atoms with Crippen LogP contribution < -0.4 is 9.64 Å². The minimum absolute atomic E-state index is 0.00947. The molecule has 5 rings (SSSR count). The molecular weight excluding hydrogens is 358 g/mol. The van der Waals surface area contributed by atoms with Crippen molar-refractivity contribution in [1.82, 2.24) is 14.8 Å². The molecule has 0 bridgehead atoms. The number of ether oxygens (including phenoxy) is 1. The predicted octanol–water partition coefficient (Wildman–Crippen LogP) is 1.56. The zero-order chi connectivity index (χ0) is 19.3. The van der Waals surface area contributed by atoms with E-state index in [1.165, 1.54) is 0 Å². The number of rotatable bonds is 2. The van der Waals surface area contributed by atoms with Crippen molar-refractivity contribution < 1.29 is 14.3 Å². The van der Waals surface area contributed by atoms with E-state index in [0.29, 0.717) is 36.0 Å². The van der Waals surface area contributed by atoms with Crippen molar-refractivity contribution in [2.24, 2.45) is 4.99 Å². The molecule has 5 heterocycles. The smallest absolute Gasteiger partial charge is 0.273 e. The second-order valence-corrected chi connectivity index (χ2v) is 7.29. The van der Waals surface area contributed by atoms with Crippen molar-refractivity contribution >= 4 is 23.3 Å². The van der Waals surface area contributed by atoms with Crippen LogP contribution in [0.4, 0.5) is 5.82 Å². The van der Waals surface area contributed by atoms with Gasteiger partial charge in [-0.15, -0.1) is 0 Å². The zero-order valence-electron chi connectivity index (χ0n) is 15.7. The Hall–Kier alpha value is -3.16. The van der Waals surface area contributed by atoms with Crippen molar-refractivity contribution in [3.05, 3.63) is 41.9 Å². The average molecular weight is 379 g/mol. The topological polar surface area (TPSA) is 78.3 Å². The van der Waals surface area contributed by atoms with Crippen molar-refractivity contribution in [2.75, 3.05) is 31.1 Å². The maximum Gasteiger partial charge on any atom is 0.273 e. The molecule has 1 aromatic heterocycles. The molecule has 1 unspecified atom stereocenters. The van der Waals surface area contributed by atoms with E-state index in [4.69, 9.17) is 4.74 Å². The van der Waals surface area contributed by atoms with Crippen LogP contribution in [0.3, 0.4) is 0 Å². The number of amides is 2. The molecule has 0 radical (unpaired) electrons. The van der Waals surface area contributed by atoms with Crippen molar-refractivity contribution in [3.63, 3.8) is 0 Å². The monoisotopic (exact) mass is 379 g/mol. The number of nitrogens with zero attached hydrogens (tertiary/aromatic N) is 5. The van der Waals surface area contributed by atoms with E-state index in [1.54, 1.807) is 30.3 Å². The van der Waals surface area contributed by atoms with Gasteiger partial charge < -0.3 is 14.5 Å². The summed E-state index contributed by atoms with van der Waals surface area (Å²) in [6.45, 7) is 4.47. The van der Waals surface area contributed by atoms with Gasteiger partial charge in [0.25, 0.3) is 11.8 Å². The van der Waals surface area contributed by atoms with E-state index in [-0.39, 0.29) is 18.0 Å². The van der Waals surface area contributed by atoms with Gasteiger partial charge in [0.2, 0.25) is 0 Å². The largest absolute Gasteiger partial charge is 0.488 e. The highest BCUT2D eigenvalue weighted by Crippen LogP contribution is 2.35. The van der Waals surface area contributed by atoms with E-state index < -0.39 is 0 Å². The van der Waals surface area contributed by atoms with Gasteiger partial charge in [-0.1, -0.05) is 0 Å². The van der Waals surface area contributed by atoms with E-state index >= 15 is 0 Å². The number of carbonyl (C=O) groups is 2. The van der Waals surface area contributed by atoms with Gasteiger partial charge in [0.1, 0.15) is 12.8 Å². The fourth-order valence-corrected chi connectivity index (χ4v) is 4.01. The summed E-state index contributed by atoms with van der Waals surface area (Å²) in [7, 11) is 0. The summed E-state index contributed by atoms with van der Waals surface area (Å²) in [6, 6.07) is 1.79. The lowest BCUT2D eigenvalue weighted by Gasteiger charge is -2.33. The number of carbonyl (C=O) groups excluding carboxylic acids is 2. The molecule has 4 aliphatic rings. The molecule has 1 saturated heterocycles. The van der Waals surface area contributed by atoms with Crippen molar-refractivity contribution in [2.45, 2.75) is 25.9 Å². The first-order valence-electron chi connectivity index (χ1n) is 9.58. The van der Waals surface area contributed by atoms with Crippen LogP contribution in [0.15, 0.2) is 41.3 Å². The summed E-state index contributed by atoms with van der Waals surface area (Å²) in [5, 5.41) is 0. The molecule has 8 nitrogen and oxygen atoms in total. The maximum atomic E-state index is 12.6. The van der Waals surface area contributed by atoms with E-state index in [0.717, 1.165) is 31.6 Å². The number of aliphatic imine (C=N–C) groups is 1. The SMILES string of the molecule is CC1=NC2C=C(N3CCOc4cc(C(=O)N5CCCC5)cnc43)C=CN2C1=O. The van der Waals surface area contributed by atoms with E-state index in [1.807, 2.05) is 22.0 Å². The van der Waals surface area contributed by atoms with Gasteiger partial charge >= 0.3 is 0 Å². The first-order chi connectivity index (χ1) is 13.6. The lowest BCUT2D eigenvalue weighted by atomic mass is 10.2. The Balaban J connectivity index is 1.43. The third-order valence-electron chi connectivity index (χ3n) is 5.49. The number of pyridine rings is 1. The quantitative estimate of drug-likeness (QED) is 0.779. The lowest BCUT2D eigenvalue weighted by molar-refractivity contribution is -0.121. The summed E-state index contributed by atoms with van der Waals surface area (Å²) < 4.78 is 5.80. The van der Waals surface area contributed by atoms with E-state index in [2.05, 4.69) is 9.98 Å².